The van der Waals surface area contributed by atoms with E-state index in [-0.39, 0.29) is 29.4 Å². The molecule has 1 aliphatic carbocycles. The van der Waals surface area contributed by atoms with Gasteiger partial charge in [0, 0.05) is 18.8 Å². The molecule has 2 rings (SSSR count). The van der Waals surface area contributed by atoms with Crippen LogP contribution in [0.25, 0.3) is 0 Å². The maximum atomic E-state index is 12.2. The van der Waals surface area contributed by atoms with Crippen molar-refractivity contribution in [2.45, 2.75) is 32.1 Å². The Morgan fingerprint density at radius 2 is 1.73 bits per heavy atom. The van der Waals surface area contributed by atoms with Crippen molar-refractivity contribution < 1.29 is 22.6 Å². The summed E-state index contributed by atoms with van der Waals surface area (Å²) in [7, 11) is -3.50. The lowest BCUT2D eigenvalue weighted by Crippen LogP contribution is -2.33. The van der Waals surface area contributed by atoms with Gasteiger partial charge in [-0.15, -0.1) is 0 Å². The summed E-state index contributed by atoms with van der Waals surface area (Å²) >= 11 is 0. The van der Waals surface area contributed by atoms with Crippen LogP contribution >= 0.6 is 10.8 Å². The Balaban J connectivity index is 1.65. The minimum Gasteiger partial charge on any atom is -0.316 e. The smallest absolute Gasteiger partial charge is 0.316 e. The third-order valence-corrected chi connectivity index (χ3v) is 6.24. The predicted molar refractivity (Wildman–Crippen MR) is 83.7 cm³/mol. The molecule has 0 aromatic heterocycles. The number of hydrogen-bond donors (Lipinski definition) is 2. The third-order valence-electron chi connectivity index (χ3n) is 4.18. The molecule has 0 spiro atoms. The van der Waals surface area contributed by atoms with E-state index in [4.69, 9.17) is 4.55 Å². The first kappa shape index (κ1) is 17.7. The van der Waals surface area contributed by atoms with Gasteiger partial charge in [0.25, 0.3) is 0 Å². The second-order valence-electron chi connectivity index (χ2n) is 5.68. The summed E-state index contributed by atoms with van der Waals surface area (Å²) in [6.07, 6.45) is 4.36. The van der Waals surface area contributed by atoms with E-state index >= 15 is 0 Å². The van der Waals surface area contributed by atoms with Gasteiger partial charge in [-0.05, 0) is 36.6 Å². The second kappa shape index (κ2) is 7.76. The fraction of sp³-hybridized carbons (Fsp3) is 0.846. The van der Waals surface area contributed by atoms with Crippen LogP contribution in [0.15, 0.2) is 0 Å². The van der Waals surface area contributed by atoms with Crippen LogP contribution in [0.2, 0.25) is 0 Å². The monoisotopic (exact) mass is 350 g/mol. The molecule has 1 saturated carbocycles. The summed E-state index contributed by atoms with van der Waals surface area (Å²) in [5, 5.41) is 3.03. The maximum Gasteiger partial charge on any atom is 0.319 e. The minimum absolute atomic E-state index is 0.0170. The van der Waals surface area contributed by atoms with Gasteiger partial charge >= 0.3 is 9.15 Å². The zero-order chi connectivity index (χ0) is 16.2. The fourth-order valence-electron chi connectivity index (χ4n) is 3.16. The number of hydrogen-bond acceptors (Lipinski definition) is 6. The van der Waals surface area contributed by atoms with Crippen molar-refractivity contribution in [2.75, 3.05) is 25.4 Å². The predicted octanol–water partition coefficient (Wildman–Crippen LogP) is 0.677. The molecule has 0 radical (unpaired) electrons. The van der Waals surface area contributed by atoms with Crippen LogP contribution in [-0.4, -0.2) is 55.1 Å². The Kier molecular flexibility index (Phi) is 6.25. The lowest BCUT2D eigenvalue weighted by atomic mass is 9.81. The Morgan fingerprint density at radius 3 is 2.27 bits per heavy atom. The van der Waals surface area contributed by atoms with Gasteiger partial charge in [-0.25, -0.2) is 0 Å². The topological polar surface area (TPSA) is 104 Å². The highest BCUT2D eigenvalue weighted by Gasteiger charge is 2.47. The van der Waals surface area contributed by atoms with Crippen LogP contribution in [0.5, 0.6) is 0 Å². The number of nitrogens with one attached hydrogen (secondary N) is 1. The van der Waals surface area contributed by atoms with E-state index in [1.165, 1.54) is 4.90 Å². The summed E-state index contributed by atoms with van der Waals surface area (Å²) in [5.41, 5.74) is 0. The molecule has 126 valence electrons. The molecule has 1 saturated heterocycles. The quantitative estimate of drug-likeness (QED) is 0.287. The van der Waals surface area contributed by atoms with Crippen LogP contribution < -0.4 is 5.32 Å². The van der Waals surface area contributed by atoms with Gasteiger partial charge < -0.3 is 5.32 Å². The molecule has 1 aliphatic heterocycles. The van der Waals surface area contributed by atoms with E-state index in [0.717, 1.165) is 25.7 Å². The number of amides is 2. The molecular weight excluding hydrogens is 328 g/mol. The number of carbonyl (C=O) groups is 2. The van der Waals surface area contributed by atoms with Crippen molar-refractivity contribution in [3.05, 3.63) is 0 Å². The van der Waals surface area contributed by atoms with E-state index in [1.807, 2.05) is 0 Å². The van der Waals surface area contributed by atoms with Crippen molar-refractivity contribution in [3.63, 3.8) is 0 Å². The molecule has 7 nitrogen and oxygen atoms in total. The summed E-state index contributed by atoms with van der Waals surface area (Å²) in [6, 6.07) is 0. The van der Waals surface area contributed by atoms with Gasteiger partial charge in [-0.3, -0.25) is 19.0 Å². The highest BCUT2D eigenvalue weighted by atomic mass is 33.1. The summed E-state index contributed by atoms with van der Waals surface area (Å²) in [4.78, 5) is 25.8. The molecule has 0 aromatic rings. The van der Waals surface area contributed by atoms with Crippen molar-refractivity contribution in [2.24, 2.45) is 11.8 Å². The molecule has 2 aliphatic rings. The van der Waals surface area contributed by atoms with Gasteiger partial charge in [-0.1, -0.05) is 12.8 Å². The molecule has 0 aromatic carbocycles. The van der Waals surface area contributed by atoms with Gasteiger partial charge in [-0.2, -0.15) is 8.42 Å². The first-order valence-electron chi connectivity index (χ1n) is 7.58. The summed E-state index contributed by atoms with van der Waals surface area (Å²) in [5.74, 6) is 0.0267. The molecule has 9 heteroatoms. The number of fused-ring (bicyclic) bond motifs is 1. The van der Waals surface area contributed by atoms with Crippen LogP contribution in [0.1, 0.15) is 32.1 Å². The zero-order valence-corrected chi connectivity index (χ0v) is 14.0. The van der Waals surface area contributed by atoms with Crippen molar-refractivity contribution in [3.8, 4) is 0 Å². The van der Waals surface area contributed by atoms with Crippen molar-refractivity contribution in [1.29, 1.82) is 0 Å². The first-order valence-corrected chi connectivity index (χ1v) is 10.5. The number of imide groups is 1. The van der Waals surface area contributed by atoms with Crippen LogP contribution in [-0.2, 0) is 18.7 Å². The standard InChI is InChI=1S/C13H22N2O5S2/c16-12-10-4-1-2-5-11(10)13(17)15(12)8-3-6-14-7-9-21-22(18,19)20/h10-11,14H,1-9H2,(H,18,19,20)/t10-,11+. The third kappa shape index (κ3) is 4.68. The molecule has 2 amide bonds. The highest BCUT2D eigenvalue weighted by Crippen LogP contribution is 2.37. The summed E-state index contributed by atoms with van der Waals surface area (Å²) < 4.78 is 29.5. The molecule has 0 bridgehead atoms. The number of carbonyl (C=O) groups excluding carboxylic acids is 2. The maximum absolute atomic E-state index is 12.2. The van der Waals surface area contributed by atoms with E-state index in [2.05, 4.69) is 5.32 Å². The highest BCUT2D eigenvalue weighted by molar-refractivity contribution is 8.69. The van der Waals surface area contributed by atoms with Crippen LogP contribution in [0.4, 0.5) is 0 Å². The number of likely N-dealkylation sites (tertiary alicyclic amines) is 1. The SMILES string of the molecule is O=C1[C@H]2CCCC[C@H]2C(=O)N1CCCNCCSS(=O)(=O)O. The van der Waals surface area contributed by atoms with Gasteiger partial charge in [0.1, 0.15) is 0 Å². The Hall–Kier alpha value is -0.640. The molecule has 2 N–H and O–H groups in total. The molecule has 1 heterocycles. The lowest BCUT2D eigenvalue weighted by molar-refractivity contribution is -0.139. The number of rotatable bonds is 8. The Bertz CT molecular complexity index is 499. The number of nitrogens with zero attached hydrogens (tertiary/aromatic N) is 1. The van der Waals surface area contributed by atoms with E-state index in [0.29, 0.717) is 36.8 Å². The van der Waals surface area contributed by atoms with Crippen molar-refractivity contribution >= 4 is 31.8 Å². The molecule has 2 atom stereocenters. The van der Waals surface area contributed by atoms with E-state index in [9.17, 15) is 18.0 Å². The average molecular weight is 350 g/mol. The van der Waals surface area contributed by atoms with Gasteiger partial charge in [0.15, 0.2) is 0 Å². The molecule has 0 unspecified atom stereocenters. The van der Waals surface area contributed by atoms with Crippen molar-refractivity contribution in [1.82, 2.24) is 10.2 Å². The molecular formula is C13H22N2O5S2. The lowest BCUT2D eigenvalue weighted by Gasteiger charge is -2.19. The second-order valence-corrected chi connectivity index (χ2v) is 9.15. The van der Waals surface area contributed by atoms with Crippen LogP contribution in [0.3, 0.4) is 0 Å². The Morgan fingerprint density at radius 1 is 1.14 bits per heavy atom. The van der Waals surface area contributed by atoms with Gasteiger partial charge in [0.2, 0.25) is 11.8 Å². The normalized spacial score (nSPS) is 25.6. The molecule has 22 heavy (non-hydrogen) atoms. The van der Waals surface area contributed by atoms with Crippen LogP contribution in [0, 0.1) is 11.8 Å². The van der Waals surface area contributed by atoms with E-state index < -0.39 is 9.15 Å². The zero-order valence-electron chi connectivity index (χ0n) is 12.4. The first-order chi connectivity index (χ1) is 10.4. The van der Waals surface area contributed by atoms with Gasteiger partial charge in [0.05, 0.1) is 11.8 Å². The minimum atomic E-state index is -3.98. The average Bonchev–Trinajstić information content (AvgIpc) is 2.70. The fourth-order valence-corrected chi connectivity index (χ4v) is 4.48. The largest absolute Gasteiger partial charge is 0.319 e. The van der Waals surface area contributed by atoms with E-state index in [1.54, 1.807) is 0 Å². The molecule has 2 fully saturated rings. The Labute approximate surface area is 134 Å². The summed E-state index contributed by atoms with van der Waals surface area (Å²) in [6.45, 7) is 1.46.